The lowest BCUT2D eigenvalue weighted by atomic mass is 10.1. The van der Waals surface area contributed by atoms with Crippen molar-refractivity contribution in [1.82, 2.24) is 9.55 Å². The first-order valence-corrected chi connectivity index (χ1v) is 8.59. The molecule has 26 heavy (non-hydrogen) atoms. The Labute approximate surface area is 157 Å². The molecule has 7 nitrogen and oxygen atoms in total. The van der Waals surface area contributed by atoms with Gasteiger partial charge in [0.2, 0.25) is 5.91 Å². The standard InChI is InChI=1S/C18H21ClN4O3/c1-3-23-12-20-10-14(23)11-21-16-8-13(5-7-18(25)26-2)4-6-15(16)22-17(24)9-19/h4-8,10,12,21H,3,9,11H2,1-2H3,(H,22,24)/b7-5+. The van der Waals surface area contributed by atoms with Crippen molar-refractivity contribution in [2.45, 2.75) is 20.0 Å². The predicted molar refractivity (Wildman–Crippen MR) is 102 cm³/mol. The summed E-state index contributed by atoms with van der Waals surface area (Å²) in [6, 6.07) is 5.36. The largest absolute Gasteiger partial charge is 0.466 e. The lowest BCUT2D eigenvalue weighted by molar-refractivity contribution is -0.134. The normalized spacial score (nSPS) is 10.7. The summed E-state index contributed by atoms with van der Waals surface area (Å²) in [5, 5.41) is 6.04. The average Bonchev–Trinajstić information content (AvgIpc) is 3.13. The number of rotatable bonds is 8. The van der Waals surface area contributed by atoms with E-state index in [2.05, 4.69) is 20.4 Å². The molecule has 0 saturated carbocycles. The van der Waals surface area contributed by atoms with Gasteiger partial charge in [0.25, 0.3) is 0 Å². The zero-order valence-corrected chi connectivity index (χ0v) is 15.4. The molecule has 138 valence electrons. The molecule has 8 heteroatoms. The molecule has 0 saturated heterocycles. The van der Waals surface area contributed by atoms with E-state index in [1.54, 1.807) is 30.7 Å². The number of carbonyl (C=O) groups is 2. The van der Waals surface area contributed by atoms with Crippen LogP contribution in [0.2, 0.25) is 0 Å². The molecule has 1 aromatic carbocycles. The number of alkyl halides is 1. The Bertz CT molecular complexity index is 801. The molecule has 2 N–H and O–H groups in total. The van der Waals surface area contributed by atoms with Gasteiger partial charge in [-0.15, -0.1) is 11.6 Å². The van der Waals surface area contributed by atoms with Crippen LogP contribution in [0, 0.1) is 0 Å². The van der Waals surface area contributed by atoms with Crippen LogP contribution in [0.25, 0.3) is 6.08 Å². The maximum absolute atomic E-state index is 11.6. The Kier molecular flexibility index (Phi) is 7.23. The molecule has 1 heterocycles. The number of nitrogens with zero attached hydrogens (tertiary/aromatic N) is 2. The number of hydrogen-bond acceptors (Lipinski definition) is 5. The quantitative estimate of drug-likeness (QED) is 0.420. The number of esters is 1. The molecule has 1 aromatic heterocycles. The van der Waals surface area contributed by atoms with E-state index in [-0.39, 0.29) is 11.8 Å². The van der Waals surface area contributed by atoms with Gasteiger partial charge >= 0.3 is 5.97 Å². The summed E-state index contributed by atoms with van der Waals surface area (Å²) in [5.74, 6) is -0.872. The number of aryl methyl sites for hydroxylation is 1. The Balaban J connectivity index is 2.24. The Hall–Kier alpha value is -2.80. The summed E-state index contributed by atoms with van der Waals surface area (Å²) >= 11 is 5.58. The molecule has 0 aliphatic heterocycles. The molecule has 0 fully saturated rings. The van der Waals surface area contributed by atoms with Crippen LogP contribution in [-0.2, 0) is 27.4 Å². The fourth-order valence-electron chi connectivity index (χ4n) is 2.30. The zero-order chi connectivity index (χ0) is 18.9. The third-order valence-corrected chi connectivity index (χ3v) is 3.89. The minimum atomic E-state index is -0.439. The molecular weight excluding hydrogens is 356 g/mol. The van der Waals surface area contributed by atoms with E-state index >= 15 is 0 Å². The highest BCUT2D eigenvalue weighted by Gasteiger charge is 2.08. The number of carbonyl (C=O) groups excluding carboxylic acids is 2. The van der Waals surface area contributed by atoms with E-state index in [0.717, 1.165) is 17.8 Å². The van der Waals surface area contributed by atoms with Gasteiger partial charge in [-0.2, -0.15) is 0 Å². The summed E-state index contributed by atoms with van der Waals surface area (Å²) < 4.78 is 6.61. The molecule has 2 aromatic rings. The molecule has 0 unspecified atom stereocenters. The molecule has 1 amide bonds. The number of imidazole rings is 1. The number of amides is 1. The predicted octanol–water partition coefficient (Wildman–Crippen LogP) is 2.88. The van der Waals surface area contributed by atoms with Crippen LogP contribution in [0.4, 0.5) is 11.4 Å². The van der Waals surface area contributed by atoms with Crippen molar-refractivity contribution in [1.29, 1.82) is 0 Å². The Morgan fingerprint density at radius 3 is 2.85 bits per heavy atom. The van der Waals surface area contributed by atoms with Crippen LogP contribution in [0.1, 0.15) is 18.2 Å². The number of hydrogen-bond donors (Lipinski definition) is 2. The average molecular weight is 377 g/mol. The van der Waals surface area contributed by atoms with Gasteiger partial charge in [0.1, 0.15) is 5.88 Å². The molecular formula is C18H21ClN4O3. The van der Waals surface area contributed by atoms with Gasteiger partial charge in [-0.1, -0.05) is 6.07 Å². The third kappa shape index (κ3) is 5.35. The smallest absolute Gasteiger partial charge is 0.330 e. The van der Waals surface area contributed by atoms with Gasteiger partial charge in [0.05, 0.1) is 37.1 Å². The second kappa shape index (κ2) is 9.62. The minimum Gasteiger partial charge on any atom is -0.466 e. The molecule has 0 aliphatic carbocycles. The Morgan fingerprint density at radius 1 is 1.35 bits per heavy atom. The van der Waals surface area contributed by atoms with Crippen molar-refractivity contribution < 1.29 is 14.3 Å². The molecule has 0 spiro atoms. The second-order valence-corrected chi connectivity index (χ2v) is 5.64. The number of halogens is 1. The maximum atomic E-state index is 11.6. The van der Waals surface area contributed by atoms with Crippen LogP contribution in [0.5, 0.6) is 0 Å². The lowest BCUT2D eigenvalue weighted by Crippen LogP contribution is -2.15. The number of ether oxygens (including phenoxy) is 1. The van der Waals surface area contributed by atoms with Gasteiger partial charge in [-0.25, -0.2) is 9.78 Å². The SMILES string of the molecule is CCn1cncc1CNc1cc(/C=C/C(=O)OC)ccc1NC(=O)CCl. The summed E-state index contributed by atoms with van der Waals surface area (Å²) in [6.07, 6.45) is 6.53. The highest BCUT2D eigenvalue weighted by Crippen LogP contribution is 2.25. The number of anilines is 2. The van der Waals surface area contributed by atoms with E-state index in [1.807, 2.05) is 17.6 Å². The van der Waals surface area contributed by atoms with Gasteiger partial charge < -0.3 is 19.9 Å². The van der Waals surface area contributed by atoms with Crippen molar-refractivity contribution in [2.75, 3.05) is 23.6 Å². The monoisotopic (exact) mass is 376 g/mol. The van der Waals surface area contributed by atoms with Gasteiger partial charge in [0, 0.05) is 18.8 Å². The maximum Gasteiger partial charge on any atom is 0.330 e. The second-order valence-electron chi connectivity index (χ2n) is 5.37. The van der Waals surface area contributed by atoms with Crippen molar-refractivity contribution in [3.63, 3.8) is 0 Å². The molecule has 0 aliphatic rings. The first-order chi connectivity index (χ1) is 12.6. The van der Waals surface area contributed by atoms with Crippen LogP contribution < -0.4 is 10.6 Å². The molecule has 2 rings (SSSR count). The Morgan fingerprint density at radius 2 is 2.15 bits per heavy atom. The topological polar surface area (TPSA) is 85.2 Å². The molecule has 0 atom stereocenters. The molecule has 0 radical (unpaired) electrons. The summed E-state index contributed by atoms with van der Waals surface area (Å²) in [5.41, 5.74) is 3.11. The van der Waals surface area contributed by atoms with Crippen molar-refractivity contribution in [3.8, 4) is 0 Å². The van der Waals surface area contributed by atoms with Gasteiger partial charge in [0.15, 0.2) is 0 Å². The highest BCUT2D eigenvalue weighted by atomic mass is 35.5. The number of methoxy groups -OCH3 is 1. The minimum absolute atomic E-state index is 0.133. The van der Waals surface area contributed by atoms with E-state index < -0.39 is 5.97 Å². The van der Waals surface area contributed by atoms with E-state index in [4.69, 9.17) is 11.6 Å². The van der Waals surface area contributed by atoms with Crippen LogP contribution in [-0.4, -0.2) is 34.4 Å². The zero-order valence-electron chi connectivity index (χ0n) is 14.7. The third-order valence-electron chi connectivity index (χ3n) is 3.65. The summed E-state index contributed by atoms with van der Waals surface area (Å²) in [4.78, 5) is 27.1. The first-order valence-electron chi connectivity index (χ1n) is 8.06. The summed E-state index contributed by atoms with van der Waals surface area (Å²) in [6.45, 7) is 3.38. The van der Waals surface area contributed by atoms with E-state index in [0.29, 0.717) is 17.9 Å². The van der Waals surface area contributed by atoms with E-state index in [1.165, 1.54) is 13.2 Å². The highest BCUT2D eigenvalue weighted by molar-refractivity contribution is 6.29. The van der Waals surface area contributed by atoms with Crippen molar-refractivity contribution >= 4 is 40.9 Å². The van der Waals surface area contributed by atoms with Gasteiger partial charge in [-0.05, 0) is 30.7 Å². The fraction of sp³-hybridized carbons (Fsp3) is 0.278. The van der Waals surface area contributed by atoms with Gasteiger partial charge in [-0.3, -0.25) is 4.79 Å². The van der Waals surface area contributed by atoms with Crippen LogP contribution in [0.3, 0.4) is 0 Å². The summed E-state index contributed by atoms with van der Waals surface area (Å²) in [7, 11) is 1.32. The van der Waals surface area contributed by atoms with Crippen molar-refractivity contribution in [2.24, 2.45) is 0 Å². The van der Waals surface area contributed by atoms with Crippen LogP contribution in [0.15, 0.2) is 36.8 Å². The fourth-order valence-corrected chi connectivity index (χ4v) is 2.37. The molecule has 0 bridgehead atoms. The lowest BCUT2D eigenvalue weighted by Gasteiger charge is -2.14. The number of nitrogens with one attached hydrogen (secondary N) is 2. The number of benzene rings is 1. The van der Waals surface area contributed by atoms with E-state index in [9.17, 15) is 9.59 Å². The number of aromatic nitrogens is 2. The first kappa shape index (κ1) is 19.5. The van der Waals surface area contributed by atoms with Crippen molar-refractivity contribution in [3.05, 3.63) is 48.1 Å². The van der Waals surface area contributed by atoms with Crippen LogP contribution >= 0.6 is 11.6 Å².